The van der Waals surface area contributed by atoms with E-state index in [0.29, 0.717) is 39.0 Å². The van der Waals surface area contributed by atoms with E-state index in [-0.39, 0.29) is 17.7 Å². The van der Waals surface area contributed by atoms with Crippen LogP contribution < -0.4 is 5.73 Å². The van der Waals surface area contributed by atoms with Crippen LogP contribution in [0.3, 0.4) is 0 Å². The van der Waals surface area contributed by atoms with Crippen LogP contribution in [0.15, 0.2) is 42.5 Å². The number of primary amides is 1. The second-order valence-corrected chi connectivity index (χ2v) is 6.51. The van der Waals surface area contributed by atoms with E-state index in [9.17, 15) is 18.0 Å². The molecule has 27 heavy (non-hydrogen) atoms. The van der Waals surface area contributed by atoms with Crippen molar-refractivity contribution in [3.05, 3.63) is 82.1 Å². The first kappa shape index (κ1) is 17.4. The first-order chi connectivity index (χ1) is 12.9. The zero-order valence-electron chi connectivity index (χ0n) is 13.7. The summed E-state index contributed by atoms with van der Waals surface area (Å²) in [6.45, 7) is -0.228. The van der Waals surface area contributed by atoms with Gasteiger partial charge >= 0.3 is 0 Å². The molecule has 4 aromatic rings. The highest BCUT2D eigenvalue weighted by Crippen LogP contribution is 2.34. The van der Waals surface area contributed by atoms with Gasteiger partial charge < -0.3 is 10.3 Å². The number of halogens is 4. The smallest absolute Gasteiger partial charge is 0.249 e. The fraction of sp³-hybridized carbons (Fsp3) is 0.0500. The predicted molar refractivity (Wildman–Crippen MR) is 97.2 cm³/mol. The molecule has 2 N–H and O–H groups in total. The topological polar surface area (TPSA) is 48.0 Å². The van der Waals surface area contributed by atoms with Crippen molar-refractivity contribution < 1.29 is 18.0 Å². The summed E-state index contributed by atoms with van der Waals surface area (Å²) in [5.41, 5.74) is 6.48. The number of amides is 1. The molecule has 4 rings (SSSR count). The summed E-state index contributed by atoms with van der Waals surface area (Å²) in [4.78, 5) is 11.9. The van der Waals surface area contributed by atoms with E-state index in [2.05, 4.69) is 6.07 Å². The number of rotatable bonds is 3. The zero-order valence-corrected chi connectivity index (χ0v) is 14.4. The van der Waals surface area contributed by atoms with Crippen LogP contribution in [0, 0.1) is 23.5 Å². The summed E-state index contributed by atoms with van der Waals surface area (Å²) in [6.07, 6.45) is 0. The number of nitrogens with two attached hydrogens (primary N) is 1. The van der Waals surface area contributed by atoms with Crippen molar-refractivity contribution in [1.29, 1.82) is 0 Å². The second kappa shape index (κ2) is 6.32. The summed E-state index contributed by atoms with van der Waals surface area (Å²) in [7, 11) is 0. The van der Waals surface area contributed by atoms with Crippen LogP contribution in [0.2, 0.25) is 5.02 Å². The van der Waals surface area contributed by atoms with Gasteiger partial charge in [0.15, 0.2) is 0 Å². The van der Waals surface area contributed by atoms with Gasteiger partial charge in [0.2, 0.25) is 5.91 Å². The summed E-state index contributed by atoms with van der Waals surface area (Å²) < 4.78 is 43.2. The Balaban J connectivity index is 2.06. The molecule has 7 heteroatoms. The minimum atomic E-state index is -1.00. The number of benzene rings is 3. The first-order valence-corrected chi connectivity index (χ1v) is 8.30. The van der Waals surface area contributed by atoms with E-state index in [0.717, 1.165) is 0 Å². The van der Waals surface area contributed by atoms with Crippen LogP contribution in [0.5, 0.6) is 0 Å². The summed E-state index contributed by atoms with van der Waals surface area (Å²) in [5.74, 6) is -3.63. The molecule has 0 spiro atoms. The zero-order chi connectivity index (χ0) is 19.3. The Morgan fingerprint density at radius 1 is 1.11 bits per heavy atom. The lowest BCUT2D eigenvalue weighted by Gasteiger charge is -2.10. The van der Waals surface area contributed by atoms with Crippen LogP contribution >= 0.6 is 11.6 Å². The number of fused-ring (bicyclic) bond motifs is 3. The lowest BCUT2D eigenvalue weighted by molar-refractivity contribution is 0.100. The molecule has 1 heterocycles. The first-order valence-electron chi connectivity index (χ1n) is 7.92. The fourth-order valence-corrected chi connectivity index (χ4v) is 3.45. The molecule has 1 aromatic heterocycles. The summed E-state index contributed by atoms with van der Waals surface area (Å²) in [6, 6.07) is 12.3. The van der Waals surface area contributed by atoms with Crippen molar-refractivity contribution in [2.45, 2.75) is 6.54 Å². The molecule has 0 fully saturated rings. The molecule has 0 saturated heterocycles. The van der Waals surface area contributed by atoms with Crippen molar-refractivity contribution in [3.63, 3.8) is 0 Å². The second-order valence-electron chi connectivity index (χ2n) is 6.08. The minimum absolute atomic E-state index is 0.228. The van der Waals surface area contributed by atoms with Gasteiger partial charge in [-0.05, 0) is 30.3 Å². The maximum atomic E-state index is 14.2. The third kappa shape index (κ3) is 2.82. The quantitative estimate of drug-likeness (QED) is 0.538. The lowest BCUT2D eigenvalue weighted by Crippen LogP contribution is -2.11. The van der Waals surface area contributed by atoms with Crippen LogP contribution in [-0.4, -0.2) is 10.5 Å². The number of hydrogen-bond donors (Lipinski definition) is 1. The van der Waals surface area contributed by atoms with Crippen molar-refractivity contribution in [1.82, 2.24) is 4.57 Å². The van der Waals surface area contributed by atoms with E-state index in [1.807, 2.05) is 0 Å². The minimum Gasteiger partial charge on any atom is -0.366 e. The highest BCUT2D eigenvalue weighted by atomic mass is 35.5. The Hall–Kier alpha value is -2.99. The average molecular weight is 388 g/mol. The highest BCUT2D eigenvalue weighted by Gasteiger charge is 2.19. The largest absolute Gasteiger partial charge is 0.366 e. The predicted octanol–water partition coefficient (Wildman–Crippen LogP) is 4.81. The Morgan fingerprint density at radius 3 is 2.48 bits per heavy atom. The molecule has 0 aliphatic carbocycles. The van der Waals surface area contributed by atoms with E-state index >= 15 is 0 Å². The van der Waals surface area contributed by atoms with Crippen molar-refractivity contribution in [3.8, 4) is 0 Å². The van der Waals surface area contributed by atoms with Crippen LogP contribution in [0.25, 0.3) is 21.8 Å². The maximum Gasteiger partial charge on any atom is 0.249 e. The monoisotopic (exact) mass is 387 g/mol. The number of aromatic nitrogens is 1. The van der Waals surface area contributed by atoms with Gasteiger partial charge in [-0.3, -0.25) is 4.79 Å². The van der Waals surface area contributed by atoms with E-state index in [1.54, 1.807) is 28.8 Å². The molecule has 0 bridgehead atoms. The normalized spacial score (nSPS) is 11.4. The Kier molecular flexibility index (Phi) is 4.08. The maximum absolute atomic E-state index is 14.2. The molecule has 135 valence electrons. The van der Waals surface area contributed by atoms with Gasteiger partial charge in [-0.25, -0.2) is 13.2 Å². The number of hydrogen-bond acceptors (Lipinski definition) is 1. The summed E-state index contributed by atoms with van der Waals surface area (Å²) in [5, 5.41) is 1.43. The number of nitrogens with zero attached hydrogens (tertiary/aromatic N) is 1. The highest BCUT2D eigenvalue weighted by molar-refractivity contribution is 6.31. The molecule has 0 saturated carbocycles. The fourth-order valence-electron chi connectivity index (χ4n) is 3.29. The molecular weight excluding hydrogens is 377 g/mol. The molecule has 3 aromatic carbocycles. The molecular formula is C20H11ClF3N2O. The lowest BCUT2D eigenvalue weighted by atomic mass is 10.1. The van der Waals surface area contributed by atoms with Gasteiger partial charge in [0.05, 0.1) is 17.6 Å². The molecule has 1 amide bonds. The van der Waals surface area contributed by atoms with Crippen molar-refractivity contribution in [2.24, 2.45) is 5.73 Å². The van der Waals surface area contributed by atoms with Gasteiger partial charge in [-0.2, -0.15) is 0 Å². The van der Waals surface area contributed by atoms with E-state index in [4.69, 9.17) is 17.3 Å². The molecule has 0 unspecified atom stereocenters. The molecule has 0 atom stereocenters. The Morgan fingerprint density at radius 2 is 1.81 bits per heavy atom. The van der Waals surface area contributed by atoms with Gasteiger partial charge in [0.25, 0.3) is 0 Å². The molecule has 3 nitrogen and oxygen atoms in total. The van der Waals surface area contributed by atoms with Crippen molar-refractivity contribution in [2.75, 3.05) is 0 Å². The SMILES string of the molecule is NC(=O)c1cccc2c1c1[c]cc(Cl)cc1n2Cc1c(F)cc(F)cc1F. The van der Waals surface area contributed by atoms with E-state index < -0.39 is 23.4 Å². The van der Waals surface area contributed by atoms with E-state index in [1.165, 1.54) is 6.07 Å². The van der Waals surface area contributed by atoms with Crippen LogP contribution in [0.4, 0.5) is 13.2 Å². The van der Waals surface area contributed by atoms with Crippen molar-refractivity contribution >= 4 is 39.3 Å². The Bertz CT molecular complexity index is 1210. The van der Waals surface area contributed by atoms with Crippen LogP contribution in [-0.2, 0) is 6.54 Å². The van der Waals surface area contributed by atoms with Gasteiger partial charge in [-0.1, -0.05) is 17.7 Å². The Labute approximate surface area is 156 Å². The molecule has 1 radical (unpaired) electrons. The van der Waals surface area contributed by atoms with Crippen LogP contribution in [0.1, 0.15) is 15.9 Å². The average Bonchev–Trinajstić information content (AvgIpc) is 2.90. The molecule has 0 aliphatic rings. The number of carbonyl (C=O) groups is 1. The number of carbonyl (C=O) groups excluding carboxylic acids is 1. The van der Waals surface area contributed by atoms with Gasteiger partial charge in [0.1, 0.15) is 17.5 Å². The standard InChI is InChI=1S/C20H11ClF3N2O/c21-10-4-5-12-18(6-10)26(9-14-15(23)7-11(22)8-16(14)24)17-3-1-2-13(19(12)17)20(25)27/h1-4,6-8H,9H2,(H2,25,27). The van der Waals surface area contributed by atoms with Gasteiger partial charge in [0, 0.05) is 39.1 Å². The molecule has 0 aliphatic heterocycles. The third-order valence-corrected chi connectivity index (χ3v) is 4.66. The van der Waals surface area contributed by atoms with Gasteiger partial charge in [-0.15, -0.1) is 0 Å². The third-order valence-electron chi connectivity index (χ3n) is 4.45. The summed E-state index contributed by atoms with van der Waals surface area (Å²) >= 11 is 6.07.